The zero-order valence-corrected chi connectivity index (χ0v) is 14.8. The number of aromatic hydroxyl groups is 1. The van der Waals surface area contributed by atoms with Crippen molar-refractivity contribution in [1.82, 2.24) is 10.7 Å². The number of methoxy groups -OCH3 is 1. The monoisotopic (exact) mass is 374 g/mol. The zero-order valence-electron chi connectivity index (χ0n) is 14.8. The second kappa shape index (κ2) is 10.3. The Kier molecular flexibility index (Phi) is 7.78. The number of phenols is 1. The second-order valence-electron chi connectivity index (χ2n) is 5.63. The molecule has 0 aliphatic heterocycles. The van der Waals surface area contributed by atoms with Crippen LogP contribution >= 0.6 is 0 Å². The van der Waals surface area contributed by atoms with Gasteiger partial charge in [0, 0.05) is 12.6 Å². The first-order chi connectivity index (χ1) is 13.0. The van der Waals surface area contributed by atoms with Crippen molar-refractivity contribution in [1.29, 1.82) is 0 Å². The number of amides is 1. The summed E-state index contributed by atoms with van der Waals surface area (Å²) >= 11 is 0. The van der Waals surface area contributed by atoms with Crippen LogP contribution < -0.4 is 10.1 Å². The van der Waals surface area contributed by atoms with Crippen LogP contribution in [0.15, 0.2) is 48.5 Å². The molecule has 0 saturated carbocycles. The van der Waals surface area contributed by atoms with Gasteiger partial charge in [0.05, 0.1) is 19.1 Å². The third-order valence-corrected chi connectivity index (χ3v) is 3.72. The third kappa shape index (κ3) is 7.08. The van der Waals surface area contributed by atoms with E-state index >= 15 is 0 Å². The number of phenolic OH excluding ortho intramolecular Hbond substituents is 1. The van der Waals surface area contributed by atoms with Crippen molar-refractivity contribution >= 4 is 12.0 Å². The van der Waals surface area contributed by atoms with Gasteiger partial charge in [0.25, 0.3) is 0 Å². The predicted molar refractivity (Wildman–Crippen MR) is 97.0 cm³/mol. The van der Waals surface area contributed by atoms with Gasteiger partial charge < -0.3 is 15.2 Å². The van der Waals surface area contributed by atoms with Crippen LogP contribution in [0.2, 0.25) is 0 Å². The molecule has 4 N–H and O–H groups in total. The molecule has 0 spiro atoms. The Morgan fingerprint density at radius 1 is 1.15 bits per heavy atom. The standard InChI is InChI=1S/C19H22N2O6/c1-26-18-12-15(6-8-17(18)22)7-9-19(23)20-13-16-4-2-14(3-5-16)10-11-27-21(24)25/h2-9,12,22,24-25H,10-11,13H2,1H3,(H,20,23)/b9-7+. The van der Waals surface area contributed by atoms with Gasteiger partial charge >= 0.3 is 0 Å². The van der Waals surface area contributed by atoms with Gasteiger partial charge in [-0.05, 0) is 41.3 Å². The van der Waals surface area contributed by atoms with Crippen molar-refractivity contribution in [2.75, 3.05) is 13.7 Å². The largest absolute Gasteiger partial charge is 0.504 e. The minimum absolute atomic E-state index is 0.0409. The maximum Gasteiger partial charge on any atom is 0.244 e. The molecule has 0 unspecified atom stereocenters. The van der Waals surface area contributed by atoms with Crippen LogP contribution in [0.3, 0.4) is 0 Å². The van der Waals surface area contributed by atoms with E-state index in [0.29, 0.717) is 18.7 Å². The molecule has 0 heterocycles. The summed E-state index contributed by atoms with van der Waals surface area (Å²) in [5, 5.41) is 28.9. The number of rotatable bonds is 9. The molecule has 0 saturated heterocycles. The van der Waals surface area contributed by atoms with E-state index in [1.54, 1.807) is 18.2 Å². The van der Waals surface area contributed by atoms with Gasteiger partial charge in [0.15, 0.2) is 11.5 Å². The van der Waals surface area contributed by atoms with E-state index in [9.17, 15) is 9.90 Å². The number of nitrogens with zero attached hydrogens (tertiary/aromatic N) is 1. The predicted octanol–water partition coefficient (Wildman–Crippen LogP) is 2.28. The summed E-state index contributed by atoms with van der Waals surface area (Å²) in [6.07, 6.45) is 3.56. The third-order valence-electron chi connectivity index (χ3n) is 3.72. The molecule has 0 aliphatic carbocycles. The van der Waals surface area contributed by atoms with Crippen molar-refractivity contribution in [3.8, 4) is 11.5 Å². The second-order valence-corrected chi connectivity index (χ2v) is 5.63. The first-order valence-corrected chi connectivity index (χ1v) is 8.19. The van der Waals surface area contributed by atoms with Crippen molar-refractivity contribution in [3.63, 3.8) is 0 Å². The highest BCUT2D eigenvalue weighted by molar-refractivity contribution is 5.91. The lowest BCUT2D eigenvalue weighted by atomic mass is 10.1. The van der Waals surface area contributed by atoms with Crippen molar-refractivity contribution < 1.29 is 29.9 Å². The van der Waals surface area contributed by atoms with Crippen molar-refractivity contribution in [2.24, 2.45) is 0 Å². The lowest BCUT2D eigenvalue weighted by molar-refractivity contribution is -0.492. The number of carbonyl (C=O) groups is 1. The highest BCUT2D eigenvalue weighted by Crippen LogP contribution is 2.26. The van der Waals surface area contributed by atoms with Crippen molar-refractivity contribution in [3.05, 3.63) is 65.2 Å². The molecule has 1 amide bonds. The summed E-state index contributed by atoms with van der Waals surface area (Å²) in [5.41, 5.74) is 2.63. The van der Waals surface area contributed by atoms with Crippen LogP contribution in [-0.2, 0) is 22.6 Å². The number of hydrogen-bond acceptors (Lipinski definition) is 7. The molecule has 2 aromatic carbocycles. The van der Waals surface area contributed by atoms with E-state index in [1.807, 2.05) is 24.3 Å². The maximum atomic E-state index is 11.9. The summed E-state index contributed by atoms with van der Waals surface area (Å²) in [7, 11) is 1.46. The Morgan fingerprint density at radius 2 is 1.85 bits per heavy atom. The van der Waals surface area contributed by atoms with Gasteiger partial charge in [-0.15, -0.1) is 0 Å². The summed E-state index contributed by atoms with van der Waals surface area (Å²) in [6, 6.07) is 12.3. The summed E-state index contributed by atoms with van der Waals surface area (Å²) < 4.78 is 5.02. The molecule has 0 aromatic heterocycles. The molecule has 0 aliphatic rings. The quantitative estimate of drug-likeness (QED) is 0.394. The van der Waals surface area contributed by atoms with E-state index < -0.39 is 0 Å². The van der Waals surface area contributed by atoms with Gasteiger partial charge in [-0.25, -0.2) is 0 Å². The average molecular weight is 374 g/mol. The Morgan fingerprint density at radius 3 is 2.52 bits per heavy atom. The Labute approximate surface area is 156 Å². The fourth-order valence-electron chi connectivity index (χ4n) is 2.29. The smallest absolute Gasteiger partial charge is 0.244 e. The molecule has 0 fully saturated rings. The topological polar surface area (TPSA) is 111 Å². The molecule has 8 heteroatoms. The average Bonchev–Trinajstić information content (AvgIpc) is 2.66. The van der Waals surface area contributed by atoms with Gasteiger partial charge in [0.1, 0.15) is 0 Å². The van der Waals surface area contributed by atoms with E-state index in [4.69, 9.17) is 15.2 Å². The SMILES string of the molecule is COc1cc(/C=C/C(=O)NCc2ccc(CCON(O)O)cc2)ccc1O. The number of nitrogens with one attached hydrogen (secondary N) is 1. The number of ether oxygens (including phenoxy) is 1. The first-order valence-electron chi connectivity index (χ1n) is 8.19. The van der Waals surface area contributed by atoms with Crippen LogP contribution in [0.5, 0.6) is 11.5 Å². The number of benzene rings is 2. The molecule has 27 heavy (non-hydrogen) atoms. The summed E-state index contributed by atoms with van der Waals surface area (Å²) in [5.74, 6) is 0.137. The van der Waals surface area contributed by atoms with Gasteiger partial charge in [-0.2, -0.15) is 0 Å². The number of carbonyl (C=O) groups excluding carboxylic acids is 1. The Balaban J connectivity index is 1.81. The van der Waals surface area contributed by atoms with E-state index in [2.05, 4.69) is 10.2 Å². The molecule has 144 valence electrons. The van der Waals surface area contributed by atoms with Crippen LogP contribution in [0.25, 0.3) is 6.08 Å². The molecular formula is C19H22N2O6. The fourth-order valence-corrected chi connectivity index (χ4v) is 2.29. The molecule has 0 radical (unpaired) electrons. The zero-order chi connectivity index (χ0) is 19.6. The van der Waals surface area contributed by atoms with E-state index in [-0.39, 0.29) is 23.7 Å². The maximum absolute atomic E-state index is 11.9. The summed E-state index contributed by atoms with van der Waals surface area (Å²) in [4.78, 5) is 16.4. The first kappa shape index (κ1) is 20.4. The molecule has 8 nitrogen and oxygen atoms in total. The Hall–Kier alpha value is -2.91. The molecule has 2 rings (SSSR count). The van der Waals surface area contributed by atoms with Crippen LogP contribution in [-0.4, -0.2) is 40.5 Å². The van der Waals surface area contributed by atoms with E-state index in [1.165, 1.54) is 19.3 Å². The highest BCUT2D eigenvalue weighted by Gasteiger charge is 2.02. The van der Waals surface area contributed by atoms with Crippen LogP contribution in [0, 0.1) is 0 Å². The lowest BCUT2D eigenvalue weighted by Crippen LogP contribution is -2.20. The molecule has 0 atom stereocenters. The normalized spacial score (nSPS) is 11.1. The highest BCUT2D eigenvalue weighted by atomic mass is 17.1. The Bertz CT molecular complexity index is 774. The lowest BCUT2D eigenvalue weighted by Gasteiger charge is -2.07. The molecular weight excluding hydrogens is 352 g/mol. The molecule has 2 aromatic rings. The van der Waals surface area contributed by atoms with Crippen molar-refractivity contribution in [2.45, 2.75) is 13.0 Å². The van der Waals surface area contributed by atoms with E-state index in [0.717, 1.165) is 16.7 Å². The fraction of sp³-hybridized carbons (Fsp3) is 0.211. The minimum atomic E-state index is -0.314. The van der Waals surface area contributed by atoms with Gasteiger partial charge in [-0.3, -0.25) is 20.0 Å². The van der Waals surface area contributed by atoms with Gasteiger partial charge in [-0.1, -0.05) is 30.3 Å². The van der Waals surface area contributed by atoms with Crippen LogP contribution in [0.4, 0.5) is 0 Å². The van der Waals surface area contributed by atoms with Crippen LogP contribution in [0.1, 0.15) is 16.7 Å². The summed E-state index contributed by atoms with van der Waals surface area (Å²) in [6.45, 7) is 0.510. The van der Waals surface area contributed by atoms with Gasteiger partial charge in [0.2, 0.25) is 5.91 Å². The molecule has 0 bridgehead atoms. The number of hydrogen-bond donors (Lipinski definition) is 4. The minimum Gasteiger partial charge on any atom is -0.504 e.